The fourth-order valence-corrected chi connectivity index (χ4v) is 7.61. The maximum atomic E-state index is 4.89. The Kier molecular flexibility index (Phi) is 7.69. The summed E-state index contributed by atoms with van der Waals surface area (Å²) in [7, 11) is 0. The number of nitrogens with zero attached hydrogens (tertiary/aromatic N) is 6. The smallest absolute Gasteiger partial charge is 0.159 e. The predicted molar refractivity (Wildman–Crippen MR) is 218 cm³/mol. The van der Waals surface area contributed by atoms with Crippen molar-refractivity contribution in [3.05, 3.63) is 195 Å². The summed E-state index contributed by atoms with van der Waals surface area (Å²) in [5, 5.41) is 2.25. The molecule has 0 radical (unpaired) electrons. The molecule has 10 rings (SSSR count). The third kappa shape index (κ3) is 5.28. The molecule has 6 nitrogen and oxygen atoms in total. The molecule has 0 aliphatic carbocycles. The highest BCUT2D eigenvalue weighted by Crippen LogP contribution is 2.50. The predicted octanol–water partition coefficient (Wildman–Crippen LogP) is 11.5. The van der Waals surface area contributed by atoms with Crippen LogP contribution in [0.2, 0.25) is 0 Å². The van der Waals surface area contributed by atoms with Crippen LogP contribution in [-0.4, -0.2) is 29.1 Å². The average molecular weight is 693 g/mol. The monoisotopic (exact) mass is 692 g/mol. The van der Waals surface area contributed by atoms with Crippen LogP contribution in [-0.2, 0) is 0 Å². The second-order valence-corrected chi connectivity index (χ2v) is 13.1. The van der Waals surface area contributed by atoms with Gasteiger partial charge in [-0.3, -0.25) is 0 Å². The van der Waals surface area contributed by atoms with Gasteiger partial charge in [-0.15, -0.1) is 0 Å². The van der Waals surface area contributed by atoms with Crippen molar-refractivity contribution < 1.29 is 0 Å². The maximum absolute atomic E-state index is 4.89. The largest absolute Gasteiger partial charge is 0.306 e. The normalized spacial score (nSPS) is 11.3. The van der Waals surface area contributed by atoms with Gasteiger partial charge < -0.3 is 9.13 Å². The quantitative estimate of drug-likeness (QED) is 0.167. The Labute approximate surface area is 312 Å². The lowest BCUT2D eigenvalue weighted by molar-refractivity contribution is 1.06. The SMILES string of the molecule is c1ccc(-c2ncc(-n3c(-c4ccccc4)c(-c4c(-c5ccccc5)n(-c5cnc(-c6ccccc6)nc5)c5ccccc45)c4ccccc43)cn2)cc1. The van der Waals surface area contributed by atoms with E-state index < -0.39 is 0 Å². The maximum Gasteiger partial charge on any atom is 0.159 e. The van der Waals surface area contributed by atoms with Gasteiger partial charge in [0.2, 0.25) is 0 Å². The fraction of sp³-hybridized carbons (Fsp3) is 0. The minimum atomic E-state index is 0.687. The van der Waals surface area contributed by atoms with E-state index in [0.717, 1.165) is 77.9 Å². The molecule has 54 heavy (non-hydrogen) atoms. The summed E-state index contributed by atoms with van der Waals surface area (Å²) >= 11 is 0. The average Bonchev–Trinajstić information content (AvgIpc) is 3.78. The van der Waals surface area contributed by atoms with Crippen molar-refractivity contribution in [2.24, 2.45) is 0 Å². The minimum Gasteiger partial charge on any atom is -0.306 e. The number of para-hydroxylation sites is 2. The molecule has 0 amide bonds. The molecule has 0 spiro atoms. The van der Waals surface area contributed by atoms with Gasteiger partial charge in [0.15, 0.2) is 11.6 Å². The zero-order chi connectivity index (χ0) is 35.8. The summed E-state index contributed by atoms with van der Waals surface area (Å²) in [5.41, 5.74) is 12.4. The highest BCUT2D eigenvalue weighted by atomic mass is 15.1. The second kappa shape index (κ2) is 13.3. The molecular formula is C48H32N6. The van der Waals surface area contributed by atoms with E-state index >= 15 is 0 Å². The van der Waals surface area contributed by atoms with Gasteiger partial charge in [-0.1, -0.05) is 158 Å². The molecule has 0 unspecified atom stereocenters. The van der Waals surface area contributed by atoms with Crippen molar-refractivity contribution in [3.63, 3.8) is 0 Å². The summed E-state index contributed by atoms with van der Waals surface area (Å²) in [5.74, 6) is 1.37. The van der Waals surface area contributed by atoms with Crippen molar-refractivity contribution >= 4 is 21.8 Å². The first kappa shape index (κ1) is 31.3. The van der Waals surface area contributed by atoms with Crippen LogP contribution < -0.4 is 0 Å². The second-order valence-electron chi connectivity index (χ2n) is 13.1. The Bertz CT molecular complexity index is 2680. The van der Waals surface area contributed by atoms with E-state index in [1.165, 1.54) is 0 Å². The van der Waals surface area contributed by atoms with Gasteiger partial charge in [0.25, 0.3) is 0 Å². The van der Waals surface area contributed by atoms with Crippen LogP contribution in [0.4, 0.5) is 0 Å². The molecule has 0 saturated carbocycles. The lowest BCUT2D eigenvalue weighted by Crippen LogP contribution is -2.01. The first-order valence-corrected chi connectivity index (χ1v) is 18.0. The van der Waals surface area contributed by atoms with Crippen LogP contribution in [0.5, 0.6) is 0 Å². The lowest BCUT2D eigenvalue weighted by Gasteiger charge is -2.15. The van der Waals surface area contributed by atoms with Gasteiger partial charge in [0, 0.05) is 33.0 Å². The van der Waals surface area contributed by atoms with Gasteiger partial charge in [0.05, 0.1) is 58.6 Å². The Morgan fingerprint density at radius 2 is 0.593 bits per heavy atom. The van der Waals surface area contributed by atoms with Crippen molar-refractivity contribution in [3.8, 4) is 67.8 Å². The van der Waals surface area contributed by atoms with Crippen LogP contribution in [0.1, 0.15) is 0 Å². The number of aromatic nitrogens is 6. The summed E-state index contributed by atoms with van der Waals surface area (Å²) in [4.78, 5) is 19.5. The Morgan fingerprint density at radius 1 is 0.296 bits per heavy atom. The van der Waals surface area contributed by atoms with E-state index in [9.17, 15) is 0 Å². The fourth-order valence-electron chi connectivity index (χ4n) is 7.61. The topological polar surface area (TPSA) is 61.4 Å². The van der Waals surface area contributed by atoms with Crippen LogP contribution in [0, 0.1) is 0 Å². The van der Waals surface area contributed by atoms with E-state index in [0.29, 0.717) is 11.6 Å². The summed E-state index contributed by atoms with van der Waals surface area (Å²) in [6.45, 7) is 0. The van der Waals surface area contributed by atoms with Gasteiger partial charge in [-0.2, -0.15) is 0 Å². The molecule has 10 aromatic rings. The summed E-state index contributed by atoms with van der Waals surface area (Å²) < 4.78 is 4.63. The number of rotatable bonds is 7. The molecule has 6 heteroatoms. The molecule has 254 valence electrons. The Morgan fingerprint density at radius 3 is 0.944 bits per heavy atom. The molecule has 4 heterocycles. The highest BCUT2D eigenvalue weighted by Gasteiger charge is 2.29. The van der Waals surface area contributed by atoms with Crippen LogP contribution in [0.3, 0.4) is 0 Å². The highest BCUT2D eigenvalue weighted by molar-refractivity contribution is 6.16. The van der Waals surface area contributed by atoms with E-state index in [2.05, 4.69) is 118 Å². The van der Waals surface area contributed by atoms with Crippen LogP contribution in [0.25, 0.3) is 89.6 Å². The van der Waals surface area contributed by atoms with E-state index in [1.54, 1.807) is 0 Å². The minimum absolute atomic E-state index is 0.687. The van der Waals surface area contributed by atoms with Gasteiger partial charge in [-0.05, 0) is 23.3 Å². The molecule has 4 aromatic heterocycles. The molecule has 0 aliphatic heterocycles. The number of fused-ring (bicyclic) bond motifs is 2. The van der Waals surface area contributed by atoms with Crippen LogP contribution >= 0.6 is 0 Å². The third-order valence-electron chi connectivity index (χ3n) is 9.95. The summed E-state index contributed by atoms with van der Waals surface area (Å²) in [6, 6.07) is 58.7. The first-order chi connectivity index (χ1) is 26.8. The molecule has 0 aliphatic rings. The van der Waals surface area contributed by atoms with Crippen molar-refractivity contribution in [1.82, 2.24) is 29.1 Å². The molecular weight excluding hydrogens is 661 g/mol. The number of benzene rings is 6. The lowest BCUT2D eigenvalue weighted by atomic mass is 9.93. The van der Waals surface area contributed by atoms with E-state index in [-0.39, 0.29) is 0 Å². The number of hydrogen-bond acceptors (Lipinski definition) is 4. The molecule has 0 fully saturated rings. The Hall–Kier alpha value is -7.44. The molecule has 0 saturated heterocycles. The summed E-state index contributed by atoms with van der Waals surface area (Å²) in [6.07, 6.45) is 7.74. The standard InChI is InChI=1S/C48H32N6/c1-5-17-33(18-6-1)45-43(39-25-13-15-27-41(39)53(45)37-29-49-47(50-30-37)35-21-9-3-10-22-35)44-40-26-14-16-28-42(40)54(46(44)34-19-7-2-8-20-34)38-31-51-48(52-32-38)36-23-11-4-12-24-36/h1-32H. The van der Waals surface area contributed by atoms with Gasteiger partial charge in [-0.25, -0.2) is 19.9 Å². The van der Waals surface area contributed by atoms with Gasteiger partial charge >= 0.3 is 0 Å². The third-order valence-corrected chi connectivity index (χ3v) is 9.95. The van der Waals surface area contributed by atoms with E-state index in [1.807, 2.05) is 85.5 Å². The molecule has 0 bridgehead atoms. The van der Waals surface area contributed by atoms with Gasteiger partial charge in [0.1, 0.15) is 0 Å². The molecule has 0 atom stereocenters. The van der Waals surface area contributed by atoms with Crippen molar-refractivity contribution in [2.45, 2.75) is 0 Å². The number of hydrogen-bond donors (Lipinski definition) is 0. The zero-order valence-electron chi connectivity index (χ0n) is 29.2. The van der Waals surface area contributed by atoms with Crippen molar-refractivity contribution in [1.29, 1.82) is 0 Å². The van der Waals surface area contributed by atoms with Crippen LogP contribution in [0.15, 0.2) is 195 Å². The Balaban J connectivity index is 1.29. The molecule has 0 N–H and O–H groups in total. The van der Waals surface area contributed by atoms with Crippen molar-refractivity contribution in [2.75, 3.05) is 0 Å². The van der Waals surface area contributed by atoms with E-state index in [4.69, 9.17) is 19.9 Å². The first-order valence-electron chi connectivity index (χ1n) is 18.0. The molecule has 6 aromatic carbocycles. The zero-order valence-corrected chi connectivity index (χ0v) is 29.2.